The van der Waals surface area contributed by atoms with Crippen molar-refractivity contribution in [3.8, 4) is 17.3 Å². The van der Waals surface area contributed by atoms with Gasteiger partial charge in [0.15, 0.2) is 11.8 Å². The highest BCUT2D eigenvalue weighted by molar-refractivity contribution is 6.30. The molecule has 1 aliphatic rings. The van der Waals surface area contributed by atoms with Crippen molar-refractivity contribution in [1.82, 2.24) is 30.0 Å². The first-order valence-electron chi connectivity index (χ1n) is 9.43. The van der Waals surface area contributed by atoms with Crippen molar-refractivity contribution in [3.05, 3.63) is 41.4 Å². The van der Waals surface area contributed by atoms with E-state index in [0.29, 0.717) is 41.3 Å². The molecule has 10 heteroatoms. The quantitative estimate of drug-likeness (QED) is 0.630. The van der Waals surface area contributed by atoms with Gasteiger partial charge in [-0.05, 0) is 44.0 Å². The normalized spacial score (nSPS) is 17.9. The number of piperidine rings is 1. The number of aromatic nitrogens is 5. The molecule has 1 aromatic carbocycles. The molecule has 3 aromatic rings. The van der Waals surface area contributed by atoms with Gasteiger partial charge in [0.1, 0.15) is 5.75 Å². The van der Waals surface area contributed by atoms with Crippen LogP contribution >= 0.6 is 11.6 Å². The summed E-state index contributed by atoms with van der Waals surface area (Å²) in [6.45, 7) is 4.71. The molecular weight excluding hydrogens is 396 g/mol. The molecular formula is C19H21ClN6O3. The Morgan fingerprint density at radius 1 is 1.34 bits per heavy atom. The Hall–Kier alpha value is -2.94. The zero-order chi connectivity index (χ0) is 20.4. The largest absolute Gasteiger partial charge is 0.481 e. The van der Waals surface area contributed by atoms with Crippen molar-refractivity contribution >= 4 is 17.5 Å². The number of rotatable bonds is 5. The van der Waals surface area contributed by atoms with Gasteiger partial charge >= 0.3 is 0 Å². The van der Waals surface area contributed by atoms with Gasteiger partial charge in [0.2, 0.25) is 11.7 Å². The lowest BCUT2D eigenvalue weighted by atomic mass is 10.1. The van der Waals surface area contributed by atoms with E-state index in [-0.39, 0.29) is 11.9 Å². The third-order valence-corrected chi connectivity index (χ3v) is 5.08. The van der Waals surface area contributed by atoms with Crippen molar-refractivity contribution in [2.75, 3.05) is 13.1 Å². The Morgan fingerprint density at radius 2 is 2.14 bits per heavy atom. The number of carbonyl (C=O) groups is 1. The zero-order valence-corrected chi connectivity index (χ0v) is 16.9. The highest BCUT2D eigenvalue weighted by Crippen LogP contribution is 2.24. The number of amides is 1. The molecule has 1 aliphatic heterocycles. The molecule has 29 heavy (non-hydrogen) atoms. The lowest BCUT2D eigenvalue weighted by Gasteiger charge is -2.34. The number of carbonyl (C=O) groups excluding carboxylic acids is 1. The number of hydrogen-bond acceptors (Lipinski definition) is 7. The molecule has 0 spiro atoms. The van der Waals surface area contributed by atoms with Crippen molar-refractivity contribution < 1.29 is 14.1 Å². The average molecular weight is 417 g/mol. The lowest BCUT2D eigenvalue weighted by Crippen LogP contribution is -2.46. The van der Waals surface area contributed by atoms with Gasteiger partial charge in [-0.15, -0.1) is 5.10 Å². The average Bonchev–Trinajstić information content (AvgIpc) is 3.38. The number of aryl methyl sites for hydroxylation is 1. The van der Waals surface area contributed by atoms with Gasteiger partial charge in [-0.1, -0.05) is 22.0 Å². The minimum absolute atomic E-state index is 0.0321. The smallest absolute Gasteiger partial charge is 0.263 e. The van der Waals surface area contributed by atoms with E-state index in [1.807, 2.05) is 4.90 Å². The molecule has 4 rings (SSSR count). The second-order valence-corrected chi connectivity index (χ2v) is 7.45. The molecule has 0 bridgehead atoms. The van der Waals surface area contributed by atoms with E-state index in [1.54, 1.807) is 49.0 Å². The van der Waals surface area contributed by atoms with Crippen molar-refractivity contribution in [3.63, 3.8) is 0 Å². The predicted molar refractivity (Wildman–Crippen MR) is 104 cm³/mol. The number of hydrogen-bond donors (Lipinski definition) is 0. The molecule has 1 fully saturated rings. The van der Waals surface area contributed by atoms with Gasteiger partial charge in [0.05, 0.1) is 12.2 Å². The van der Waals surface area contributed by atoms with Gasteiger partial charge < -0.3 is 14.2 Å². The van der Waals surface area contributed by atoms with Crippen LogP contribution in [0.1, 0.15) is 31.7 Å². The summed E-state index contributed by atoms with van der Waals surface area (Å²) in [6.07, 6.45) is 2.98. The maximum Gasteiger partial charge on any atom is 0.263 e. The van der Waals surface area contributed by atoms with E-state index in [4.69, 9.17) is 20.9 Å². The van der Waals surface area contributed by atoms with Crippen LogP contribution in [-0.4, -0.2) is 55.1 Å². The summed E-state index contributed by atoms with van der Waals surface area (Å²) in [4.78, 5) is 18.9. The Kier molecular flexibility index (Phi) is 5.48. The first-order chi connectivity index (χ1) is 14.0. The molecule has 3 heterocycles. The van der Waals surface area contributed by atoms with Crippen LogP contribution in [0.2, 0.25) is 5.02 Å². The number of halogens is 1. The fraction of sp³-hybridized carbons (Fsp3) is 0.421. The van der Waals surface area contributed by atoms with Crippen LogP contribution in [0.5, 0.6) is 5.75 Å². The SMILES string of the molecule is Cc1nc(-c2cn(C3CCCN(C(=O)C(C)Oc4ccc(Cl)cc4)C3)nn2)no1. The molecule has 0 N–H and O–H groups in total. The maximum absolute atomic E-state index is 12.9. The molecule has 152 valence electrons. The monoisotopic (exact) mass is 416 g/mol. The Bertz CT molecular complexity index is 986. The van der Waals surface area contributed by atoms with Crippen LogP contribution < -0.4 is 4.74 Å². The van der Waals surface area contributed by atoms with Crippen LogP contribution in [0.25, 0.3) is 11.5 Å². The molecule has 0 radical (unpaired) electrons. The van der Waals surface area contributed by atoms with Gasteiger partial charge in [-0.25, -0.2) is 4.68 Å². The number of benzene rings is 1. The zero-order valence-electron chi connectivity index (χ0n) is 16.2. The van der Waals surface area contributed by atoms with Crippen molar-refractivity contribution in [2.24, 2.45) is 0 Å². The standard InChI is InChI=1S/C19H21ClN6O3/c1-12(28-16-7-5-14(20)6-8-16)19(27)25-9-3-4-15(10-25)26-11-17(22-24-26)18-21-13(2)29-23-18/h5-8,11-12,15H,3-4,9-10H2,1-2H3. The summed E-state index contributed by atoms with van der Waals surface area (Å²) >= 11 is 5.89. The second kappa shape index (κ2) is 8.20. The first kappa shape index (κ1) is 19.4. The summed E-state index contributed by atoms with van der Waals surface area (Å²) in [5.41, 5.74) is 0.546. The molecule has 2 unspecified atom stereocenters. The van der Waals surface area contributed by atoms with E-state index < -0.39 is 6.10 Å². The van der Waals surface area contributed by atoms with Crippen LogP contribution in [0.15, 0.2) is 35.0 Å². The highest BCUT2D eigenvalue weighted by atomic mass is 35.5. The maximum atomic E-state index is 12.9. The molecule has 1 amide bonds. The Labute approximate surface area is 172 Å². The fourth-order valence-electron chi connectivity index (χ4n) is 3.36. The molecule has 2 aromatic heterocycles. The van der Waals surface area contributed by atoms with Gasteiger partial charge in [-0.3, -0.25) is 4.79 Å². The Balaban J connectivity index is 1.40. The van der Waals surface area contributed by atoms with E-state index in [1.165, 1.54) is 0 Å². The predicted octanol–water partition coefficient (Wildman–Crippen LogP) is 2.92. The fourth-order valence-corrected chi connectivity index (χ4v) is 3.48. The molecule has 0 aliphatic carbocycles. The van der Waals surface area contributed by atoms with Gasteiger partial charge in [0.25, 0.3) is 5.91 Å². The second-order valence-electron chi connectivity index (χ2n) is 7.02. The number of nitrogens with zero attached hydrogens (tertiary/aromatic N) is 6. The summed E-state index contributed by atoms with van der Waals surface area (Å²) in [6, 6.07) is 7.00. The van der Waals surface area contributed by atoms with Crippen molar-refractivity contribution in [2.45, 2.75) is 38.8 Å². The molecule has 0 saturated carbocycles. The highest BCUT2D eigenvalue weighted by Gasteiger charge is 2.29. The number of likely N-dealkylation sites (tertiary alicyclic amines) is 1. The molecule has 9 nitrogen and oxygen atoms in total. The Morgan fingerprint density at radius 3 is 2.86 bits per heavy atom. The minimum atomic E-state index is -0.594. The molecule has 2 atom stereocenters. The summed E-state index contributed by atoms with van der Waals surface area (Å²) < 4.78 is 12.5. The summed E-state index contributed by atoms with van der Waals surface area (Å²) in [7, 11) is 0. The van der Waals surface area contributed by atoms with E-state index in [0.717, 1.165) is 12.8 Å². The van der Waals surface area contributed by atoms with Crippen LogP contribution in [0, 0.1) is 6.92 Å². The third-order valence-electron chi connectivity index (χ3n) is 4.82. The van der Waals surface area contributed by atoms with Gasteiger partial charge in [0, 0.05) is 25.0 Å². The third kappa shape index (κ3) is 4.40. The first-order valence-corrected chi connectivity index (χ1v) is 9.81. The van der Waals surface area contributed by atoms with Crippen molar-refractivity contribution in [1.29, 1.82) is 0 Å². The van der Waals surface area contributed by atoms with Crippen LogP contribution in [-0.2, 0) is 4.79 Å². The van der Waals surface area contributed by atoms with Gasteiger partial charge in [-0.2, -0.15) is 4.98 Å². The summed E-state index contributed by atoms with van der Waals surface area (Å²) in [5, 5.41) is 12.8. The van der Waals surface area contributed by atoms with Crippen LogP contribution in [0.4, 0.5) is 0 Å². The van der Waals surface area contributed by atoms with E-state index in [2.05, 4.69) is 20.5 Å². The van der Waals surface area contributed by atoms with E-state index in [9.17, 15) is 4.79 Å². The number of ether oxygens (including phenoxy) is 1. The topological polar surface area (TPSA) is 99.2 Å². The lowest BCUT2D eigenvalue weighted by molar-refractivity contribution is -0.139. The minimum Gasteiger partial charge on any atom is -0.481 e. The summed E-state index contributed by atoms with van der Waals surface area (Å²) in [5.74, 6) is 1.43. The van der Waals surface area contributed by atoms with Crippen LogP contribution in [0.3, 0.4) is 0 Å². The molecule has 1 saturated heterocycles. The van der Waals surface area contributed by atoms with E-state index >= 15 is 0 Å².